The van der Waals surface area contributed by atoms with Gasteiger partial charge in [0, 0.05) is 25.2 Å². The average molecular weight is 327 g/mol. The van der Waals surface area contributed by atoms with Gasteiger partial charge in [0.2, 0.25) is 11.8 Å². The summed E-state index contributed by atoms with van der Waals surface area (Å²) in [7, 11) is 1.59. The Morgan fingerprint density at radius 3 is 2.58 bits per heavy atom. The van der Waals surface area contributed by atoms with Crippen molar-refractivity contribution in [1.82, 2.24) is 15.2 Å². The Balaban J connectivity index is 1.92. The number of ether oxygens (including phenoxy) is 1. The zero-order valence-corrected chi connectivity index (χ0v) is 13.9. The molecular formula is C18H21N3O3. The highest BCUT2D eigenvalue weighted by Gasteiger charge is 2.15. The molecule has 126 valence electrons. The maximum absolute atomic E-state index is 12.2. The molecule has 6 nitrogen and oxygen atoms in total. The quantitative estimate of drug-likeness (QED) is 0.841. The van der Waals surface area contributed by atoms with Crippen LogP contribution in [0.15, 0.2) is 48.7 Å². The summed E-state index contributed by atoms with van der Waals surface area (Å²) in [6.07, 6.45) is 1.66. The monoisotopic (exact) mass is 327 g/mol. The molecule has 0 fully saturated rings. The Bertz CT molecular complexity index is 689. The summed E-state index contributed by atoms with van der Waals surface area (Å²) in [5.41, 5.74) is 1.62. The summed E-state index contributed by atoms with van der Waals surface area (Å²) in [5.74, 6) is 0.315. The van der Waals surface area contributed by atoms with Gasteiger partial charge in [0.1, 0.15) is 5.75 Å². The van der Waals surface area contributed by atoms with E-state index in [1.807, 2.05) is 42.5 Å². The zero-order valence-electron chi connectivity index (χ0n) is 13.9. The smallest absolute Gasteiger partial charge is 0.239 e. The molecule has 24 heavy (non-hydrogen) atoms. The molecular weight excluding hydrogens is 306 g/mol. The van der Waals surface area contributed by atoms with Crippen LogP contribution in [0.25, 0.3) is 0 Å². The van der Waals surface area contributed by atoms with E-state index < -0.39 is 0 Å². The molecule has 0 aliphatic heterocycles. The van der Waals surface area contributed by atoms with Gasteiger partial charge in [-0.15, -0.1) is 0 Å². The maximum atomic E-state index is 12.2. The van der Waals surface area contributed by atoms with Gasteiger partial charge in [0.15, 0.2) is 0 Å². The van der Waals surface area contributed by atoms with E-state index >= 15 is 0 Å². The second-order valence-corrected chi connectivity index (χ2v) is 5.28. The number of methoxy groups -OCH3 is 1. The first-order chi connectivity index (χ1) is 11.6. The van der Waals surface area contributed by atoms with Crippen molar-refractivity contribution in [1.29, 1.82) is 0 Å². The van der Waals surface area contributed by atoms with Crippen molar-refractivity contribution < 1.29 is 14.3 Å². The second kappa shape index (κ2) is 8.67. The molecule has 6 heteroatoms. The van der Waals surface area contributed by atoms with E-state index in [0.717, 1.165) is 17.0 Å². The topological polar surface area (TPSA) is 71.5 Å². The molecule has 0 unspecified atom stereocenters. The number of hydrogen-bond donors (Lipinski definition) is 1. The van der Waals surface area contributed by atoms with Crippen LogP contribution in [-0.4, -0.2) is 35.4 Å². The van der Waals surface area contributed by atoms with Crippen molar-refractivity contribution in [3.8, 4) is 5.75 Å². The summed E-state index contributed by atoms with van der Waals surface area (Å²) >= 11 is 0. The van der Waals surface area contributed by atoms with E-state index in [-0.39, 0.29) is 18.4 Å². The van der Waals surface area contributed by atoms with Crippen molar-refractivity contribution in [2.24, 2.45) is 0 Å². The van der Waals surface area contributed by atoms with Crippen LogP contribution < -0.4 is 10.1 Å². The predicted molar refractivity (Wildman–Crippen MR) is 90.2 cm³/mol. The summed E-state index contributed by atoms with van der Waals surface area (Å²) in [6.45, 7) is 2.08. The molecule has 0 saturated carbocycles. The molecule has 0 aliphatic carbocycles. The fourth-order valence-electron chi connectivity index (χ4n) is 2.24. The van der Waals surface area contributed by atoms with E-state index in [4.69, 9.17) is 4.74 Å². The fraction of sp³-hybridized carbons (Fsp3) is 0.278. The minimum Gasteiger partial charge on any atom is -0.496 e. The van der Waals surface area contributed by atoms with Crippen molar-refractivity contribution in [2.45, 2.75) is 20.0 Å². The van der Waals surface area contributed by atoms with Crippen LogP contribution in [0.3, 0.4) is 0 Å². The molecule has 0 bridgehead atoms. The molecule has 1 N–H and O–H groups in total. The molecule has 0 spiro atoms. The fourth-order valence-corrected chi connectivity index (χ4v) is 2.24. The van der Waals surface area contributed by atoms with Crippen LogP contribution in [0.5, 0.6) is 5.75 Å². The number of nitrogens with zero attached hydrogens (tertiary/aromatic N) is 2. The van der Waals surface area contributed by atoms with Gasteiger partial charge in [-0.1, -0.05) is 24.3 Å². The highest BCUT2D eigenvalue weighted by atomic mass is 16.5. The van der Waals surface area contributed by atoms with Crippen LogP contribution in [0, 0.1) is 0 Å². The lowest BCUT2D eigenvalue weighted by molar-refractivity contribution is -0.135. The zero-order chi connectivity index (χ0) is 17.4. The third-order valence-corrected chi connectivity index (χ3v) is 3.53. The first-order valence-corrected chi connectivity index (χ1v) is 7.64. The van der Waals surface area contributed by atoms with E-state index in [1.165, 1.54) is 11.8 Å². The number of para-hydroxylation sites is 1. The molecule has 2 rings (SSSR count). The van der Waals surface area contributed by atoms with Gasteiger partial charge in [0.25, 0.3) is 0 Å². The lowest BCUT2D eigenvalue weighted by atomic mass is 10.2. The summed E-state index contributed by atoms with van der Waals surface area (Å²) in [6, 6.07) is 13.0. The SMILES string of the molecule is COc1ccccc1CNC(=O)CN(Cc1ccccn1)C(C)=O. The Hall–Kier alpha value is -2.89. The first-order valence-electron chi connectivity index (χ1n) is 7.64. The normalized spacial score (nSPS) is 10.1. The van der Waals surface area contributed by atoms with Crippen molar-refractivity contribution in [2.75, 3.05) is 13.7 Å². The lowest BCUT2D eigenvalue weighted by Crippen LogP contribution is -2.39. The largest absolute Gasteiger partial charge is 0.496 e. The molecule has 0 aliphatic rings. The van der Waals surface area contributed by atoms with Crippen LogP contribution >= 0.6 is 0 Å². The number of nitrogens with one attached hydrogen (secondary N) is 1. The Labute approximate surface area is 141 Å². The number of pyridine rings is 1. The van der Waals surface area contributed by atoms with E-state index in [1.54, 1.807) is 13.3 Å². The van der Waals surface area contributed by atoms with Gasteiger partial charge in [-0.3, -0.25) is 14.6 Å². The van der Waals surface area contributed by atoms with Crippen molar-refractivity contribution >= 4 is 11.8 Å². The molecule has 1 heterocycles. The molecule has 0 atom stereocenters. The highest BCUT2D eigenvalue weighted by Crippen LogP contribution is 2.16. The number of benzene rings is 1. The number of hydrogen-bond acceptors (Lipinski definition) is 4. The van der Waals surface area contributed by atoms with Gasteiger partial charge in [-0.25, -0.2) is 0 Å². The Morgan fingerprint density at radius 2 is 1.92 bits per heavy atom. The van der Waals surface area contributed by atoms with E-state index in [9.17, 15) is 9.59 Å². The molecule has 2 amide bonds. The minimum absolute atomic E-state index is 0.0128. The number of carbonyl (C=O) groups excluding carboxylic acids is 2. The van der Waals surface area contributed by atoms with Crippen LogP contribution in [0.4, 0.5) is 0 Å². The molecule has 2 aromatic rings. The van der Waals surface area contributed by atoms with Crippen molar-refractivity contribution in [3.63, 3.8) is 0 Å². The number of carbonyl (C=O) groups is 2. The summed E-state index contributed by atoms with van der Waals surface area (Å²) in [5, 5.41) is 2.81. The van der Waals surface area contributed by atoms with Crippen LogP contribution in [-0.2, 0) is 22.7 Å². The summed E-state index contributed by atoms with van der Waals surface area (Å²) in [4.78, 5) is 29.6. The lowest BCUT2D eigenvalue weighted by Gasteiger charge is -2.20. The van der Waals surface area contributed by atoms with Gasteiger partial charge in [0.05, 0.1) is 25.9 Å². The molecule has 0 saturated heterocycles. The molecule has 1 aromatic carbocycles. The van der Waals surface area contributed by atoms with Crippen molar-refractivity contribution in [3.05, 3.63) is 59.9 Å². The highest BCUT2D eigenvalue weighted by molar-refractivity contribution is 5.83. The maximum Gasteiger partial charge on any atom is 0.239 e. The number of aromatic nitrogens is 1. The second-order valence-electron chi connectivity index (χ2n) is 5.28. The van der Waals surface area contributed by atoms with E-state index in [0.29, 0.717) is 13.1 Å². The average Bonchev–Trinajstić information content (AvgIpc) is 2.60. The minimum atomic E-state index is -0.230. The van der Waals surface area contributed by atoms with Crippen LogP contribution in [0.1, 0.15) is 18.2 Å². The number of rotatable bonds is 7. The first kappa shape index (κ1) is 17.5. The Kier molecular flexibility index (Phi) is 6.31. The predicted octanol–water partition coefficient (Wildman–Crippen LogP) is 1.76. The van der Waals surface area contributed by atoms with Gasteiger partial charge >= 0.3 is 0 Å². The summed E-state index contributed by atoms with van der Waals surface area (Å²) < 4.78 is 5.25. The van der Waals surface area contributed by atoms with E-state index in [2.05, 4.69) is 10.3 Å². The molecule has 1 aromatic heterocycles. The third kappa shape index (κ3) is 5.08. The molecule has 0 radical (unpaired) electrons. The number of amides is 2. The van der Waals surface area contributed by atoms with Gasteiger partial charge in [-0.2, -0.15) is 0 Å². The van der Waals surface area contributed by atoms with Gasteiger partial charge in [-0.05, 0) is 18.2 Å². The Morgan fingerprint density at radius 1 is 1.17 bits per heavy atom. The van der Waals surface area contributed by atoms with Crippen LogP contribution in [0.2, 0.25) is 0 Å². The third-order valence-electron chi connectivity index (χ3n) is 3.53. The van der Waals surface area contributed by atoms with Gasteiger partial charge < -0.3 is 15.0 Å². The standard InChI is InChI=1S/C18H21N3O3/c1-14(22)21(12-16-8-5-6-10-19-16)13-18(23)20-11-15-7-3-4-9-17(15)24-2/h3-10H,11-13H2,1-2H3,(H,20,23).